The Labute approximate surface area is 147 Å². The van der Waals surface area contributed by atoms with Gasteiger partial charge in [0.05, 0.1) is 0 Å². The van der Waals surface area contributed by atoms with Gasteiger partial charge >= 0.3 is 6.03 Å². The Hall–Kier alpha value is -2.86. The van der Waals surface area contributed by atoms with Crippen molar-refractivity contribution >= 4 is 23.3 Å². The summed E-state index contributed by atoms with van der Waals surface area (Å²) in [6.45, 7) is 3.82. The molecule has 0 heterocycles. The van der Waals surface area contributed by atoms with Crippen LogP contribution in [-0.2, 0) is 4.74 Å². The predicted octanol–water partition coefficient (Wildman–Crippen LogP) is 3.49. The number of nitrogens with one attached hydrogen (secondary N) is 3. The molecule has 0 radical (unpaired) electrons. The fourth-order valence-electron chi connectivity index (χ4n) is 2.14. The molecule has 0 unspecified atom stereocenters. The van der Waals surface area contributed by atoms with Crippen molar-refractivity contribution in [3.8, 4) is 0 Å². The van der Waals surface area contributed by atoms with Gasteiger partial charge in [0, 0.05) is 36.7 Å². The van der Waals surface area contributed by atoms with E-state index < -0.39 is 0 Å². The first-order valence-corrected chi connectivity index (χ1v) is 8.28. The number of amides is 3. The van der Waals surface area contributed by atoms with Crippen LogP contribution in [0.1, 0.15) is 23.7 Å². The monoisotopic (exact) mass is 341 g/mol. The van der Waals surface area contributed by atoms with Gasteiger partial charge < -0.3 is 20.7 Å². The number of urea groups is 1. The van der Waals surface area contributed by atoms with Crippen molar-refractivity contribution in [2.24, 2.45) is 0 Å². The van der Waals surface area contributed by atoms with Gasteiger partial charge in [-0.25, -0.2) is 4.79 Å². The summed E-state index contributed by atoms with van der Waals surface area (Å²) in [4.78, 5) is 23.9. The van der Waals surface area contributed by atoms with Crippen LogP contribution >= 0.6 is 0 Å². The highest BCUT2D eigenvalue weighted by Crippen LogP contribution is 2.11. The number of rotatable bonds is 8. The van der Waals surface area contributed by atoms with Gasteiger partial charge in [0.1, 0.15) is 0 Å². The number of carbonyl (C=O) groups is 2. The van der Waals surface area contributed by atoms with Crippen LogP contribution in [0.2, 0.25) is 0 Å². The van der Waals surface area contributed by atoms with Crippen LogP contribution in [-0.4, -0.2) is 31.7 Å². The van der Waals surface area contributed by atoms with E-state index >= 15 is 0 Å². The number of ether oxygens (including phenoxy) is 1. The quantitative estimate of drug-likeness (QED) is 0.643. The second-order valence-corrected chi connectivity index (χ2v) is 5.33. The number of hydrogen-bond donors (Lipinski definition) is 3. The number of para-hydroxylation sites is 1. The topological polar surface area (TPSA) is 79.5 Å². The average molecular weight is 341 g/mol. The van der Waals surface area contributed by atoms with Crippen molar-refractivity contribution in [2.45, 2.75) is 13.3 Å². The van der Waals surface area contributed by atoms with Crippen molar-refractivity contribution in [1.82, 2.24) is 5.32 Å². The summed E-state index contributed by atoms with van der Waals surface area (Å²) in [7, 11) is 0. The Morgan fingerprint density at radius 2 is 1.56 bits per heavy atom. The lowest BCUT2D eigenvalue weighted by molar-refractivity contribution is 0.0944. The van der Waals surface area contributed by atoms with Crippen LogP contribution < -0.4 is 16.0 Å². The second-order valence-electron chi connectivity index (χ2n) is 5.33. The Morgan fingerprint density at radius 1 is 0.920 bits per heavy atom. The third-order valence-electron chi connectivity index (χ3n) is 3.39. The minimum atomic E-state index is -0.334. The van der Waals surface area contributed by atoms with Crippen LogP contribution in [0, 0.1) is 0 Å². The van der Waals surface area contributed by atoms with Gasteiger partial charge in [0.2, 0.25) is 0 Å². The molecule has 6 nitrogen and oxygen atoms in total. The maximum absolute atomic E-state index is 12.0. The molecule has 0 aliphatic carbocycles. The molecule has 0 saturated heterocycles. The minimum absolute atomic E-state index is 0.142. The maximum Gasteiger partial charge on any atom is 0.323 e. The molecule has 0 saturated carbocycles. The van der Waals surface area contributed by atoms with Gasteiger partial charge in [-0.05, 0) is 49.7 Å². The molecule has 0 aliphatic rings. The zero-order chi connectivity index (χ0) is 17.9. The number of carbonyl (C=O) groups excluding carboxylic acids is 2. The number of hydrogen-bond acceptors (Lipinski definition) is 3. The fourth-order valence-corrected chi connectivity index (χ4v) is 2.14. The molecule has 6 heteroatoms. The normalized spacial score (nSPS) is 10.1. The van der Waals surface area contributed by atoms with Gasteiger partial charge in [-0.2, -0.15) is 0 Å². The van der Waals surface area contributed by atoms with Crippen LogP contribution in [0.15, 0.2) is 54.6 Å². The molecule has 0 atom stereocenters. The van der Waals surface area contributed by atoms with Crippen molar-refractivity contribution in [3.05, 3.63) is 60.2 Å². The van der Waals surface area contributed by atoms with Crippen LogP contribution in [0.5, 0.6) is 0 Å². The highest BCUT2D eigenvalue weighted by atomic mass is 16.5. The minimum Gasteiger partial charge on any atom is -0.382 e. The van der Waals surface area contributed by atoms with Gasteiger partial charge in [0.15, 0.2) is 0 Å². The molecular formula is C19H23N3O3. The van der Waals surface area contributed by atoms with E-state index in [2.05, 4.69) is 16.0 Å². The molecule has 25 heavy (non-hydrogen) atoms. The summed E-state index contributed by atoms with van der Waals surface area (Å²) in [6, 6.07) is 15.6. The molecule has 2 rings (SSSR count). The lowest BCUT2D eigenvalue weighted by Crippen LogP contribution is -2.25. The van der Waals surface area contributed by atoms with Crippen LogP contribution in [0.25, 0.3) is 0 Å². The Morgan fingerprint density at radius 3 is 2.20 bits per heavy atom. The van der Waals surface area contributed by atoms with E-state index in [1.54, 1.807) is 36.4 Å². The van der Waals surface area contributed by atoms with E-state index in [-0.39, 0.29) is 11.9 Å². The standard InChI is InChI=1S/C19H23N3O3/c1-2-25-14-6-13-20-18(23)15-9-11-17(12-10-15)22-19(24)21-16-7-4-3-5-8-16/h3-5,7-12H,2,6,13-14H2,1H3,(H,20,23)(H2,21,22,24). The smallest absolute Gasteiger partial charge is 0.323 e. The van der Waals surface area contributed by atoms with Gasteiger partial charge in [0.25, 0.3) is 5.91 Å². The van der Waals surface area contributed by atoms with Crippen molar-refractivity contribution < 1.29 is 14.3 Å². The van der Waals surface area contributed by atoms with Crippen molar-refractivity contribution in [2.75, 3.05) is 30.4 Å². The molecule has 3 N–H and O–H groups in total. The van der Waals surface area contributed by atoms with Crippen molar-refractivity contribution in [1.29, 1.82) is 0 Å². The lowest BCUT2D eigenvalue weighted by Gasteiger charge is -2.09. The maximum atomic E-state index is 12.0. The SMILES string of the molecule is CCOCCCNC(=O)c1ccc(NC(=O)Nc2ccccc2)cc1. The molecule has 2 aromatic rings. The fraction of sp³-hybridized carbons (Fsp3) is 0.263. The van der Waals surface area contributed by atoms with E-state index in [1.165, 1.54) is 0 Å². The Bertz CT molecular complexity index is 672. The molecule has 0 aliphatic heterocycles. The Kier molecular flexibility index (Phi) is 7.46. The average Bonchev–Trinajstić information content (AvgIpc) is 2.63. The number of anilines is 2. The van der Waals surface area contributed by atoms with Gasteiger partial charge in [-0.3, -0.25) is 4.79 Å². The highest BCUT2D eigenvalue weighted by Gasteiger charge is 2.06. The summed E-state index contributed by atoms with van der Waals surface area (Å²) >= 11 is 0. The van der Waals surface area contributed by atoms with E-state index in [1.807, 2.05) is 25.1 Å². The predicted molar refractivity (Wildman–Crippen MR) is 99.0 cm³/mol. The zero-order valence-electron chi connectivity index (χ0n) is 14.2. The third-order valence-corrected chi connectivity index (χ3v) is 3.39. The molecule has 0 bridgehead atoms. The zero-order valence-corrected chi connectivity index (χ0v) is 14.2. The summed E-state index contributed by atoms with van der Waals surface area (Å²) < 4.78 is 5.22. The highest BCUT2D eigenvalue weighted by molar-refractivity contribution is 6.00. The second kappa shape index (κ2) is 10.1. The van der Waals surface area contributed by atoms with E-state index in [4.69, 9.17) is 4.74 Å². The summed E-state index contributed by atoms with van der Waals surface area (Å²) in [6.07, 6.45) is 0.777. The summed E-state index contributed by atoms with van der Waals surface area (Å²) in [5, 5.41) is 8.29. The largest absolute Gasteiger partial charge is 0.382 e. The molecule has 2 aromatic carbocycles. The first kappa shape index (κ1) is 18.5. The van der Waals surface area contributed by atoms with Crippen LogP contribution in [0.4, 0.5) is 16.2 Å². The van der Waals surface area contributed by atoms with Gasteiger partial charge in [-0.15, -0.1) is 0 Å². The molecular weight excluding hydrogens is 318 g/mol. The summed E-state index contributed by atoms with van der Waals surface area (Å²) in [5.41, 5.74) is 1.87. The third kappa shape index (κ3) is 6.64. The molecule has 3 amide bonds. The van der Waals surface area contributed by atoms with Crippen molar-refractivity contribution in [3.63, 3.8) is 0 Å². The molecule has 0 fully saturated rings. The first-order chi connectivity index (χ1) is 12.2. The van der Waals surface area contributed by atoms with E-state index in [0.29, 0.717) is 36.7 Å². The first-order valence-electron chi connectivity index (χ1n) is 8.28. The van der Waals surface area contributed by atoms with E-state index in [0.717, 1.165) is 6.42 Å². The molecule has 0 aromatic heterocycles. The van der Waals surface area contributed by atoms with Crippen LogP contribution in [0.3, 0.4) is 0 Å². The number of benzene rings is 2. The molecule has 132 valence electrons. The summed E-state index contributed by atoms with van der Waals surface area (Å²) in [5.74, 6) is -0.142. The Balaban J connectivity index is 1.79. The lowest BCUT2D eigenvalue weighted by atomic mass is 10.2. The molecule has 0 spiro atoms. The van der Waals surface area contributed by atoms with E-state index in [9.17, 15) is 9.59 Å². The van der Waals surface area contributed by atoms with Gasteiger partial charge in [-0.1, -0.05) is 18.2 Å².